The Hall–Kier alpha value is -1.03. The molecule has 1 unspecified atom stereocenters. The first-order valence-corrected chi connectivity index (χ1v) is 7.55. The molecule has 0 saturated heterocycles. The van der Waals surface area contributed by atoms with Crippen LogP contribution in [0.25, 0.3) is 0 Å². The van der Waals surface area contributed by atoms with Crippen LogP contribution in [-0.2, 0) is 6.54 Å². The number of rotatable bonds is 7. The minimum absolute atomic E-state index is 0.199. The van der Waals surface area contributed by atoms with E-state index in [0.717, 1.165) is 25.2 Å². The third-order valence-corrected chi connectivity index (χ3v) is 3.95. The molecule has 1 aromatic rings. The molecular formula is C14H22ClN3O. The van der Waals surface area contributed by atoms with E-state index in [-0.39, 0.29) is 10.6 Å². The van der Waals surface area contributed by atoms with E-state index in [1.54, 1.807) is 6.20 Å². The number of hydrogen-bond donors (Lipinski definition) is 1. The molecular weight excluding hydrogens is 262 g/mol. The van der Waals surface area contributed by atoms with Crippen molar-refractivity contribution in [3.63, 3.8) is 0 Å². The molecule has 0 aliphatic heterocycles. The van der Waals surface area contributed by atoms with Gasteiger partial charge in [-0.05, 0) is 25.2 Å². The summed E-state index contributed by atoms with van der Waals surface area (Å²) in [6.45, 7) is 4.77. The molecule has 0 spiro atoms. The monoisotopic (exact) mass is 283 g/mol. The predicted molar refractivity (Wildman–Crippen MR) is 78.8 cm³/mol. The normalized spacial score (nSPS) is 16.4. The minimum Gasteiger partial charge on any atom is -0.380 e. The Morgan fingerprint density at radius 1 is 1.53 bits per heavy atom. The third kappa shape index (κ3) is 3.72. The van der Waals surface area contributed by atoms with Gasteiger partial charge in [0.2, 0.25) is 0 Å². The molecule has 1 N–H and O–H groups in total. The second-order valence-corrected chi connectivity index (χ2v) is 5.71. The van der Waals surface area contributed by atoms with Gasteiger partial charge in [-0.3, -0.25) is 4.79 Å². The molecule has 4 nitrogen and oxygen atoms in total. The Labute approximate surface area is 119 Å². The van der Waals surface area contributed by atoms with Crippen molar-refractivity contribution in [2.24, 2.45) is 5.92 Å². The van der Waals surface area contributed by atoms with Crippen LogP contribution in [0.15, 0.2) is 11.0 Å². The fraction of sp³-hybridized carbons (Fsp3) is 0.714. The van der Waals surface area contributed by atoms with Gasteiger partial charge in [0.05, 0.1) is 11.9 Å². The average Bonchev–Trinajstić information content (AvgIpc) is 3.21. The zero-order valence-corrected chi connectivity index (χ0v) is 12.4. The molecule has 0 aromatic carbocycles. The van der Waals surface area contributed by atoms with E-state index in [9.17, 15) is 4.79 Å². The van der Waals surface area contributed by atoms with Crippen LogP contribution in [0.5, 0.6) is 0 Å². The Morgan fingerprint density at radius 3 is 2.84 bits per heavy atom. The van der Waals surface area contributed by atoms with E-state index in [4.69, 9.17) is 11.6 Å². The van der Waals surface area contributed by atoms with E-state index >= 15 is 0 Å². The summed E-state index contributed by atoms with van der Waals surface area (Å²) < 4.78 is 1.43. The average molecular weight is 284 g/mol. The van der Waals surface area contributed by atoms with Crippen LogP contribution < -0.4 is 10.9 Å². The Morgan fingerprint density at radius 2 is 2.26 bits per heavy atom. The van der Waals surface area contributed by atoms with Crippen molar-refractivity contribution in [2.75, 3.05) is 5.32 Å². The summed E-state index contributed by atoms with van der Waals surface area (Å²) in [6, 6.07) is 0.383. The lowest BCUT2D eigenvalue weighted by Gasteiger charge is -2.18. The molecule has 1 atom stereocenters. The first kappa shape index (κ1) is 14.4. The van der Waals surface area contributed by atoms with Crippen LogP contribution in [-0.4, -0.2) is 15.8 Å². The standard InChI is InChI=1S/C14H22ClN3O/c1-3-7-18-14(19)13(15)12(9-16-18)17-11(4-2)8-10-5-6-10/h9-11,17H,3-8H2,1-2H3. The molecule has 1 aromatic heterocycles. The van der Waals surface area contributed by atoms with Crippen LogP contribution >= 0.6 is 11.6 Å². The van der Waals surface area contributed by atoms with Gasteiger partial charge in [-0.15, -0.1) is 0 Å². The predicted octanol–water partition coefficient (Wildman–Crippen LogP) is 3.30. The zero-order valence-electron chi connectivity index (χ0n) is 11.7. The first-order chi connectivity index (χ1) is 9.15. The highest BCUT2D eigenvalue weighted by Crippen LogP contribution is 2.35. The quantitative estimate of drug-likeness (QED) is 0.835. The summed E-state index contributed by atoms with van der Waals surface area (Å²) in [6.07, 6.45) is 7.41. The second-order valence-electron chi connectivity index (χ2n) is 5.33. The van der Waals surface area contributed by atoms with Gasteiger partial charge in [0.15, 0.2) is 0 Å². The number of nitrogens with one attached hydrogen (secondary N) is 1. The Kier molecular flexibility index (Phi) is 4.86. The van der Waals surface area contributed by atoms with Crippen LogP contribution in [0.2, 0.25) is 5.02 Å². The van der Waals surface area contributed by atoms with Crippen molar-refractivity contribution in [1.82, 2.24) is 9.78 Å². The molecule has 5 heteroatoms. The smallest absolute Gasteiger partial charge is 0.287 e. The number of anilines is 1. The maximum Gasteiger partial charge on any atom is 0.287 e. The summed E-state index contributed by atoms with van der Waals surface area (Å²) in [4.78, 5) is 12.0. The maximum absolute atomic E-state index is 12.0. The molecule has 19 heavy (non-hydrogen) atoms. The van der Waals surface area contributed by atoms with Gasteiger partial charge in [-0.2, -0.15) is 5.10 Å². The number of nitrogens with zero attached hydrogens (tertiary/aromatic N) is 2. The molecule has 0 radical (unpaired) electrons. The maximum atomic E-state index is 12.0. The van der Waals surface area contributed by atoms with Gasteiger partial charge < -0.3 is 5.32 Å². The summed E-state index contributed by atoms with van der Waals surface area (Å²) in [5.41, 5.74) is 0.473. The van der Waals surface area contributed by atoms with Crippen molar-refractivity contribution < 1.29 is 0 Å². The van der Waals surface area contributed by atoms with E-state index in [1.807, 2.05) is 6.92 Å². The molecule has 0 amide bonds. The second kappa shape index (κ2) is 6.42. The van der Waals surface area contributed by atoms with Crippen molar-refractivity contribution in [3.8, 4) is 0 Å². The third-order valence-electron chi connectivity index (χ3n) is 3.59. The highest BCUT2D eigenvalue weighted by atomic mass is 35.5. The molecule has 1 aliphatic rings. The molecule has 2 rings (SSSR count). The highest BCUT2D eigenvalue weighted by Gasteiger charge is 2.25. The van der Waals surface area contributed by atoms with Crippen LogP contribution in [0, 0.1) is 5.92 Å². The minimum atomic E-state index is -0.199. The van der Waals surface area contributed by atoms with Crippen molar-refractivity contribution >= 4 is 17.3 Å². The van der Waals surface area contributed by atoms with E-state index < -0.39 is 0 Å². The molecule has 0 bridgehead atoms. The lowest BCUT2D eigenvalue weighted by Crippen LogP contribution is -2.26. The number of aryl methyl sites for hydroxylation is 1. The zero-order chi connectivity index (χ0) is 13.8. The van der Waals surface area contributed by atoms with Crippen molar-refractivity contribution in [1.29, 1.82) is 0 Å². The van der Waals surface area contributed by atoms with Gasteiger partial charge in [0.1, 0.15) is 5.02 Å². The molecule has 1 saturated carbocycles. The number of halogens is 1. The highest BCUT2D eigenvalue weighted by molar-refractivity contribution is 6.32. The van der Waals surface area contributed by atoms with Gasteiger partial charge in [0, 0.05) is 12.6 Å². The van der Waals surface area contributed by atoms with E-state index in [1.165, 1.54) is 17.5 Å². The Balaban J connectivity index is 2.10. The van der Waals surface area contributed by atoms with Crippen molar-refractivity contribution in [3.05, 3.63) is 21.6 Å². The van der Waals surface area contributed by atoms with E-state index in [2.05, 4.69) is 17.3 Å². The first-order valence-electron chi connectivity index (χ1n) is 7.17. The van der Waals surface area contributed by atoms with Crippen LogP contribution in [0.1, 0.15) is 46.0 Å². The topological polar surface area (TPSA) is 46.9 Å². The fourth-order valence-electron chi connectivity index (χ4n) is 2.24. The molecule has 106 valence electrons. The summed E-state index contributed by atoms with van der Waals surface area (Å²) >= 11 is 6.15. The number of aromatic nitrogens is 2. The number of hydrogen-bond acceptors (Lipinski definition) is 3. The lowest BCUT2D eigenvalue weighted by atomic mass is 10.1. The van der Waals surface area contributed by atoms with Gasteiger partial charge in [-0.1, -0.05) is 38.3 Å². The SMILES string of the molecule is CCCn1ncc(NC(CC)CC2CC2)c(Cl)c1=O. The van der Waals surface area contributed by atoms with Gasteiger partial charge >= 0.3 is 0 Å². The summed E-state index contributed by atoms with van der Waals surface area (Å²) in [7, 11) is 0. The summed E-state index contributed by atoms with van der Waals surface area (Å²) in [5, 5.41) is 7.80. The largest absolute Gasteiger partial charge is 0.380 e. The lowest BCUT2D eigenvalue weighted by molar-refractivity contribution is 0.563. The van der Waals surface area contributed by atoms with Gasteiger partial charge in [-0.25, -0.2) is 4.68 Å². The van der Waals surface area contributed by atoms with Gasteiger partial charge in [0.25, 0.3) is 5.56 Å². The van der Waals surface area contributed by atoms with Crippen LogP contribution in [0.3, 0.4) is 0 Å². The van der Waals surface area contributed by atoms with E-state index in [0.29, 0.717) is 18.3 Å². The Bertz CT molecular complexity index is 482. The van der Waals surface area contributed by atoms with Crippen molar-refractivity contribution in [2.45, 2.75) is 58.5 Å². The molecule has 1 aliphatic carbocycles. The molecule has 1 fully saturated rings. The summed E-state index contributed by atoms with van der Waals surface area (Å²) in [5.74, 6) is 0.852. The molecule has 1 heterocycles. The van der Waals surface area contributed by atoms with Crippen LogP contribution in [0.4, 0.5) is 5.69 Å². The fourth-order valence-corrected chi connectivity index (χ4v) is 2.44.